The van der Waals surface area contributed by atoms with Gasteiger partial charge in [0.25, 0.3) is 5.91 Å². The summed E-state index contributed by atoms with van der Waals surface area (Å²) in [4.78, 5) is 18.3. The molecule has 0 unspecified atom stereocenters. The highest BCUT2D eigenvalue weighted by molar-refractivity contribution is 6.05. The van der Waals surface area contributed by atoms with Gasteiger partial charge in [0.2, 0.25) is 0 Å². The lowest BCUT2D eigenvalue weighted by Crippen LogP contribution is -2.35. The van der Waals surface area contributed by atoms with Gasteiger partial charge in [0.05, 0.1) is 35.2 Å². The molecule has 0 bridgehead atoms. The van der Waals surface area contributed by atoms with E-state index in [0.29, 0.717) is 6.54 Å². The van der Waals surface area contributed by atoms with Crippen molar-refractivity contribution in [3.63, 3.8) is 0 Å². The van der Waals surface area contributed by atoms with Crippen LogP contribution in [0.25, 0.3) is 11.4 Å². The Morgan fingerprint density at radius 2 is 2.06 bits per heavy atom. The van der Waals surface area contributed by atoms with Crippen molar-refractivity contribution in [3.05, 3.63) is 54.1 Å². The summed E-state index contributed by atoms with van der Waals surface area (Å²) in [6.07, 6.45) is 5.61. The van der Waals surface area contributed by atoms with Gasteiger partial charge in [-0.2, -0.15) is 0 Å². The molecule has 0 atom stereocenters. The summed E-state index contributed by atoms with van der Waals surface area (Å²) >= 11 is 0. The van der Waals surface area contributed by atoms with E-state index in [2.05, 4.69) is 11.1 Å². The number of halogens is 1. The second kappa shape index (κ2) is 3.71. The molecule has 0 aliphatic carbocycles. The number of imidazole rings is 1. The number of rotatable bonds is 0. The van der Waals surface area contributed by atoms with Gasteiger partial charge in [0.15, 0.2) is 0 Å². The molecule has 2 aliphatic rings. The Balaban J connectivity index is 0.000001000. The highest BCUT2D eigenvalue weighted by Gasteiger charge is 2.33. The first-order valence-corrected chi connectivity index (χ1v) is 5.50. The molecule has 5 heteroatoms. The third-order valence-electron chi connectivity index (χ3n) is 3.30. The lowest BCUT2D eigenvalue weighted by atomic mass is 10.1. The van der Waals surface area contributed by atoms with Crippen LogP contribution in [0.15, 0.2) is 42.9 Å². The van der Waals surface area contributed by atoms with Gasteiger partial charge in [-0.3, -0.25) is 9.36 Å². The first-order valence-electron chi connectivity index (χ1n) is 5.50. The largest absolute Gasteiger partial charge is 0.302 e. The summed E-state index contributed by atoms with van der Waals surface area (Å²) in [6.45, 7) is 0.688. The van der Waals surface area contributed by atoms with Gasteiger partial charge in [-0.25, -0.2) is 4.98 Å². The molecule has 18 heavy (non-hydrogen) atoms. The molecule has 4 rings (SSSR count). The summed E-state index contributed by atoms with van der Waals surface area (Å²) in [5, 5.41) is 0. The SMILES string of the molecule is Cl.O=C1c2ccccc2-n2cncc2C2=CCN12. The molecule has 0 fully saturated rings. The predicted octanol–water partition coefficient (Wildman–Crippen LogP) is 2.10. The van der Waals surface area contributed by atoms with Crippen molar-refractivity contribution in [1.29, 1.82) is 0 Å². The highest BCUT2D eigenvalue weighted by Crippen LogP contribution is 2.34. The molecule has 4 nitrogen and oxygen atoms in total. The molecule has 3 heterocycles. The quantitative estimate of drug-likeness (QED) is 0.727. The summed E-state index contributed by atoms with van der Waals surface area (Å²) in [7, 11) is 0. The molecule has 90 valence electrons. The molecule has 0 spiro atoms. The van der Waals surface area contributed by atoms with Crippen LogP contribution in [-0.4, -0.2) is 26.9 Å². The van der Waals surface area contributed by atoms with Crippen LogP contribution in [0.1, 0.15) is 16.1 Å². The van der Waals surface area contributed by atoms with Crippen LogP contribution in [0.4, 0.5) is 0 Å². The second-order valence-electron chi connectivity index (χ2n) is 4.17. The van der Waals surface area contributed by atoms with Crippen LogP contribution >= 0.6 is 12.4 Å². The summed E-state index contributed by atoms with van der Waals surface area (Å²) in [5.41, 5.74) is 3.58. The Morgan fingerprint density at radius 3 is 2.83 bits per heavy atom. The second-order valence-corrected chi connectivity index (χ2v) is 4.17. The van der Waals surface area contributed by atoms with Gasteiger partial charge in [0, 0.05) is 6.54 Å². The minimum Gasteiger partial charge on any atom is -0.302 e. The Labute approximate surface area is 110 Å². The number of nitrogens with zero attached hydrogens (tertiary/aromatic N) is 3. The Morgan fingerprint density at radius 1 is 1.22 bits per heavy atom. The van der Waals surface area contributed by atoms with E-state index in [1.54, 1.807) is 17.4 Å². The fraction of sp³-hybridized carbons (Fsp3) is 0.0769. The molecule has 1 aromatic carbocycles. The van der Waals surface area contributed by atoms with Crippen LogP contribution in [0.5, 0.6) is 0 Å². The maximum atomic E-state index is 12.3. The van der Waals surface area contributed by atoms with Crippen molar-refractivity contribution >= 4 is 24.0 Å². The van der Waals surface area contributed by atoms with E-state index < -0.39 is 0 Å². The predicted molar refractivity (Wildman–Crippen MR) is 69.8 cm³/mol. The van der Waals surface area contributed by atoms with E-state index in [0.717, 1.165) is 22.6 Å². The van der Waals surface area contributed by atoms with Gasteiger partial charge in [-0.05, 0) is 18.2 Å². The number of benzene rings is 1. The molecule has 2 aromatic rings. The number of fused-ring (bicyclic) bond motifs is 5. The maximum absolute atomic E-state index is 12.3. The molecule has 2 aliphatic heterocycles. The average Bonchev–Trinajstić information content (AvgIpc) is 2.74. The number of hydrogen-bond acceptors (Lipinski definition) is 2. The van der Waals surface area contributed by atoms with Crippen LogP contribution in [0, 0.1) is 0 Å². The van der Waals surface area contributed by atoms with Crippen molar-refractivity contribution in [3.8, 4) is 5.69 Å². The zero-order valence-electron chi connectivity index (χ0n) is 9.41. The number of para-hydroxylation sites is 1. The molecule has 1 aromatic heterocycles. The van der Waals surface area contributed by atoms with Crippen LogP contribution in [0.3, 0.4) is 0 Å². The van der Waals surface area contributed by atoms with Crippen LogP contribution in [0.2, 0.25) is 0 Å². The first-order chi connectivity index (χ1) is 8.36. The average molecular weight is 260 g/mol. The van der Waals surface area contributed by atoms with Gasteiger partial charge in [-0.1, -0.05) is 12.1 Å². The number of amides is 1. The number of hydrogen-bond donors (Lipinski definition) is 0. The van der Waals surface area contributed by atoms with E-state index in [9.17, 15) is 4.79 Å². The van der Waals surface area contributed by atoms with Gasteiger partial charge >= 0.3 is 0 Å². The topological polar surface area (TPSA) is 38.1 Å². The molecule has 0 N–H and O–H groups in total. The fourth-order valence-electron chi connectivity index (χ4n) is 2.40. The molecule has 0 saturated heterocycles. The molecule has 1 amide bonds. The van der Waals surface area contributed by atoms with E-state index in [-0.39, 0.29) is 18.3 Å². The molecule has 0 saturated carbocycles. The summed E-state index contributed by atoms with van der Waals surface area (Å²) < 4.78 is 1.97. The zero-order valence-corrected chi connectivity index (χ0v) is 10.2. The number of carbonyl (C=O) groups is 1. The lowest BCUT2D eigenvalue weighted by molar-refractivity contribution is 0.0834. The minimum absolute atomic E-state index is 0. The van der Waals surface area contributed by atoms with Crippen molar-refractivity contribution in [2.24, 2.45) is 0 Å². The van der Waals surface area contributed by atoms with E-state index in [1.807, 2.05) is 28.8 Å². The smallest absolute Gasteiger partial charge is 0.260 e. The van der Waals surface area contributed by atoms with Crippen molar-refractivity contribution in [1.82, 2.24) is 14.5 Å². The van der Waals surface area contributed by atoms with Crippen molar-refractivity contribution < 1.29 is 4.79 Å². The lowest BCUT2D eigenvalue weighted by Gasteiger charge is -2.29. The van der Waals surface area contributed by atoms with Gasteiger partial charge in [0.1, 0.15) is 0 Å². The fourth-order valence-corrected chi connectivity index (χ4v) is 2.40. The van der Waals surface area contributed by atoms with Crippen molar-refractivity contribution in [2.75, 3.05) is 6.54 Å². The Bertz CT molecular complexity index is 674. The van der Waals surface area contributed by atoms with Crippen molar-refractivity contribution in [2.45, 2.75) is 0 Å². The molecular formula is C13H10ClN3O. The molecule has 0 radical (unpaired) electrons. The number of carbonyl (C=O) groups excluding carboxylic acids is 1. The van der Waals surface area contributed by atoms with Crippen LogP contribution in [-0.2, 0) is 0 Å². The standard InChI is InChI=1S/C13H9N3O.ClH/c17-13-9-3-1-2-4-10(9)16-8-14-7-12(16)11-5-6-15(11)13;/h1-5,7-8H,6H2;1H. The Hall–Kier alpha value is -2.07. The normalized spacial score (nSPS) is 15.4. The molecular weight excluding hydrogens is 250 g/mol. The highest BCUT2D eigenvalue weighted by atomic mass is 35.5. The monoisotopic (exact) mass is 259 g/mol. The van der Waals surface area contributed by atoms with E-state index >= 15 is 0 Å². The van der Waals surface area contributed by atoms with E-state index in [4.69, 9.17) is 0 Å². The van der Waals surface area contributed by atoms with Gasteiger partial charge < -0.3 is 4.90 Å². The first kappa shape index (κ1) is 11.0. The zero-order chi connectivity index (χ0) is 11.4. The van der Waals surface area contributed by atoms with Crippen LogP contribution < -0.4 is 0 Å². The van der Waals surface area contributed by atoms with E-state index in [1.165, 1.54) is 0 Å². The maximum Gasteiger partial charge on any atom is 0.260 e. The minimum atomic E-state index is 0. The van der Waals surface area contributed by atoms with Gasteiger partial charge in [-0.15, -0.1) is 12.4 Å². The Kier molecular flexibility index (Phi) is 2.28. The summed E-state index contributed by atoms with van der Waals surface area (Å²) in [5.74, 6) is 0.0711. The number of aromatic nitrogens is 2. The summed E-state index contributed by atoms with van der Waals surface area (Å²) in [6, 6.07) is 7.64. The third-order valence-corrected chi connectivity index (χ3v) is 3.30. The third kappa shape index (κ3) is 1.21.